The zero-order chi connectivity index (χ0) is 28.6. The molecule has 1 fully saturated rings. The lowest BCUT2D eigenvalue weighted by atomic mass is 9.84. The van der Waals surface area contributed by atoms with Crippen LogP contribution in [0.2, 0.25) is 0 Å². The number of Topliss-reactive ketones (excluding diaryl/α,β-unsaturated/α-hetero) is 1. The number of nitrogens with zero attached hydrogens (tertiary/aromatic N) is 2. The van der Waals surface area contributed by atoms with Crippen LogP contribution in [0.1, 0.15) is 61.7 Å². The van der Waals surface area contributed by atoms with Gasteiger partial charge in [-0.2, -0.15) is 0 Å². The van der Waals surface area contributed by atoms with E-state index in [0.717, 1.165) is 5.56 Å². The second-order valence-corrected chi connectivity index (χ2v) is 10.9. The summed E-state index contributed by atoms with van der Waals surface area (Å²) < 4.78 is 32.3. The molecule has 2 aromatic carbocycles. The number of amidine groups is 1. The third-order valence-electron chi connectivity index (χ3n) is 7.11. The second-order valence-electron chi connectivity index (χ2n) is 10.9. The van der Waals surface area contributed by atoms with Crippen LogP contribution in [-0.2, 0) is 12.0 Å². The summed E-state index contributed by atoms with van der Waals surface area (Å²) in [6.07, 6.45) is -1.82. The Morgan fingerprint density at radius 3 is 2.28 bits per heavy atom. The molecule has 0 bridgehead atoms. The van der Waals surface area contributed by atoms with Crippen LogP contribution < -0.4 is 19.1 Å². The van der Waals surface area contributed by atoms with Gasteiger partial charge in [0.05, 0.1) is 50.3 Å². The fourth-order valence-corrected chi connectivity index (χ4v) is 5.17. The first kappa shape index (κ1) is 28.6. The fourth-order valence-electron chi connectivity index (χ4n) is 5.17. The molecular formula is C29H38FN3O6. The van der Waals surface area contributed by atoms with Gasteiger partial charge >= 0.3 is 0 Å². The maximum atomic E-state index is 15.5. The van der Waals surface area contributed by atoms with Gasteiger partial charge in [-0.15, -0.1) is 0 Å². The van der Waals surface area contributed by atoms with Gasteiger partial charge in [-0.3, -0.25) is 10.2 Å². The number of ether oxygens (including phenoxy) is 3. The quantitative estimate of drug-likeness (QED) is 0.412. The van der Waals surface area contributed by atoms with Crippen LogP contribution in [-0.4, -0.2) is 78.9 Å². The fraction of sp³-hybridized carbons (Fsp3) is 0.517. The summed E-state index contributed by atoms with van der Waals surface area (Å²) in [5.41, 5.74) is 2.11. The van der Waals surface area contributed by atoms with Gasteiger partial charge in [0.1, 0.15) is 11.6 Å². The Labute approximate surface area is 228 Å². The van der Waals surface area contributed by atoms with Crippen molar-refractivity contribution < 1.29 is 33.6 Å². The van der Waals surface area contributed by atoms with Crippen molar-refractivity contribution in [2.24, 2.45) is 0 Å². The Morgan fingerprint density at radius 2 is 1.72 bits per heavy atom. The lowest BCUT2D eigenvalue weighted by molar-refractivity contribution is 0.0572. The van der Waals surface area contributed by atoms with E-state index < -0.39 is 18.0 Å². The number of β-amino-alcohol motifs (C(OH)–C–C–N with tert-alkyl or cyclic N) is 2. The Balaban J connectivity index is 1.68. The monoisotopic (exact) mass is 543 g/mol. The van der Waals surface area contributed by atoms with E-state index in [1.54, 1.807) is 39.2 Å². The van der Waals surface area contributed by atoms with Gasteiger partial charge in [0.15, 0.2) is 23.1 Å². The van der Waals surface area contributed by atoms with Gasteiger partial charge in [0.25, 0.3) is 0 Å². The van der Waals surface area contributed by atoms with Gasteiger partial charge in [0, 0.05) is 30.8 Å². The van der Waals surface area contributed by atoms with Crippen molar-refractivity contribution in [3.8, 4) is 17.2 Å². The highest BCUT2D eigenvalue weighted by atomic mass is 19.1. The lowest BCUT2D eigenvalue weighted by Gasteiger charge is -2.29. The highest BCUT2D eigenvalue weighted by Crippen LogP contribution is 2.42. The summed E-state index contributed by atoms with van der Waals surface area (Å²) in [6, 6.07) is 5.18. The Kier molecular flexibility index (Phi) is 8.09. The molecule has 2 atom stereocenters. The van der Waals surface area contributed by atoms with Crippen LogP contribution >= 0.6 is 0 Å². The van der Waals surface area contributed by atoms with Crippen molar-refractivity contribution in [3.63, 3.8) is 0 Å². The van der Waals surface area contributed by atoms with Crippen molar-refractivity contribution in [3.05, 3.63) is 46.3 Å². The Hall–Kier alpha value is -3.37. The molecular weight excluding hydrogens is 505 g/mol. The van der Waals surface area contributed by atoms with E-state index in [4.69, 9.17) is 19.6 Å². The summed E-state index contributed by atoms with van der Waals surface area (Å²) in [5.74, 6) is -0.170. The Morgan fingerprint density at radius 1 is 1.08 bits per heavy atom. The first-order chi connectivity index (χ1) is 18.4. The predicted octanol–water partition coefficient (Wildman–Crippen LogP) is 3.49. The number of nitrogens with one attached hydrogen (secondary N) is 1. The van der Waals surface area contributed by atoms with E-state index in [1.807, 2.05) is 25.7 Å². The van der Waals surface area contributed by atoms with Gasteiger partial charge in [0.2, 0.25) is 0 Å². The summed E-state index contributed by atoms with van der Waals surface area (Å²) in [6.45, 7) is 10.6. The minimum Gasteiger partial charge on any atom is -0.494 e. The smallest absolute Gasteiger partial charge is 0.197 e. The van der Waals surface area contributed by atoms with Crippen LogP contribution in [0.4, 0.5) is 10.1 Å². The van der Waals surface area contributed by atoms with Crippen molar-refractivity contribution in [2.45, 2.75) is 58.8 Å². The molecule has 39 heavy (non-hydrogen) atoms. The standard InChI is InChI=1S/C29H38FN3O6/c1-7-38-23-11-17-12-33(28(31)24(17)25(30)27(23)39-8-2)13-20(34)16-9-18(29(3,4)5)26(37-6)19(10-16)32-14-21(35)22(36)15-32/h9-11,21-22,31,35-36H,7-8,12-15H2,1-6H3/t21-,22+. The molecule has 2 heterocycles. The van der Waals surface area contributed by atoms with Gasteiger partial charge in [-0.05, 0) is 43.0 Å². The van der Waals surface area contributed by atoms with Crippen LogP contribution in [0, 0.1) is 11.2 Å². The molecule has 0 spiro atoms. The predicted molar refractivity (Wildman–Crippen MR) is 146 cm³/mol. The minimum atomic E-state index is -0.909. The number of hydrogen-bond donors (Lipinski definition) is 3. The Bertz CT molecular complexity index is 1260. The topological polar surface area (TPSA) is 116 Å². The first-order valence-electron chi connectivity index (χ1n) is 13.2. The highest BCUT2D eigenvalue weighted by Gasteiger charge is 2.36. The lowest BCUT2D eigenvalue weighted by Crippen LogP contribution is -2.31. The minimum absolute atomic E-state index is 0.0272. The van der Waals surface area contributed by atoms with E-state index in [9.17, 15) is 15.0 Å². The zero-order valence-corrected chi connectivity index (χ0v) is 23.4. The number of anilines is 1. The normalized spacial score (nSPS) is 18.9. The number of benzene rings is 2. The molecule has 9 nitrogen and oxygen atoms in total. The number of methoxy groups -OCH3 is 1. The number of rotatable bonds is 9. The average molecular weight is 544 g/mol. The number of carbonyl (C=O) groups excluding carboxylic acids is 1. The molecule has 1 saturated heterocycles. The molecule has 10 heteroatoms. The summed E-state index contributed by atoms with van der Waals surface area (Å²) in [4.78, 5) is 17.0. The number of fused-ring (bicyclic) bond motifs is 1. The third kappa shape index (κ3) is 5.40. The average Bonchev–Trinajstić information content (AvgIpc) is 3.37. The molecule has 0 aromatic heterocycles. The maximum absolute atomic E-state index is 15.5. The van der Waals surface area contributed by atoms with Crippen molar-refractivity contribution in [2.75, 3.05) is 44.9 Å². The van der Waals surface area contributed by atoms with E-state index in [2.05, 4.69) is 0 Å². The first-order valence-corrected chi connectivity index (χ1v) is 13.2. The van der Waals surface area contributed by atoms with Crippen LogP contribution in [0.25, 0.3) is 0 Å². The summed E-state index contributed by atoms with van der Waals surface area (Å²) in [7, 11) is 1.56. The summed E-state index contributed by atoms with van der Waals surface area (Å²) >= 11 is 0. The largest absolute Gasteiger partial charge is 0.494 e. The third-order valence-corrected chi connectivity index (χ3v) is 7.11. The van der Waals surface area contributed by atoms with Crippen LogP contribution in [0.3, 0.4) is 0 Å². The number of ketones is 1. The molecule has 3 N–H and O–H groups in total. The number of carbonyl (C=O) groups is 1. The van der Waals surface area contributed by atoms with Gasteiger partial charge < -0.3 is 34.2 Å². The molecule has 0 amide bonds. The molecule has 0 saturated carbocycles. The molecule has 212 valence electrons. The molecule has 2 aliphatic rings. The molecule has 0 aliphatic carbocycles. The highest BCUT2D eigenvalue weighted by molar-refractivity contribution is 6.06. The molecule has 2 aromatic rings. The molecule has 0 radical (unpaired) electrons. The van der Waals surface area contributed by atoms with Gasteiger partial charge in [-0.25, -0.2) is 4.39 Å². The molecule has 4 rings (SSSR count). The number of hydrogen-bond acceptors (Lipinski definition) is 8. The van der Waals surface area contributed by atoms with E-state index >= 15 is 4.39 Å². The van der Waals surface area contributed by atoms with E-state index in [-0.39, 0.29) is 66.9 Å². The van der Waals surface area contributed by atoms with Gasteiger partial charge in [-0.1, -0.05) is 20.8 Å². The SMILES string of the molecule is CCOc1cc2c(c(F)c1OCC)C(=N)N(CC(=O)c1cc(N3C[C@@H](O)[C@@H](O)C3)c(OC)c(C(C)(C)C)c1)C2. The number of aliphatic hydroxyl groups excluding tert-OH is 2. The van der Waals surface area contributed by atoms with E-state index in [0.29, 0.717) is 29.2 Å². The summed E-state index contributed by atoms with van der Waals surface area (Å²) in [5, 5.41) is 29.0. The number of aliphatic hydroxyl groups is 2. The number of halogens is 1. The maximum Gasteiger partial charge on any atom is 0.197 e. The van der Waals surface area contributed by atoms with Crippen LogP contribution in [0.5, 0.6) is 17.2 Å². The molecule has 0 unspecified atom stereocenters. The van der Waals surface area contributed by atoms with Crippen molar-refractivity contribution >= 4 is 17.3 Å². The van der Waals surface area contributed by atoms with Crippen molar-refractivity contribution in [1.29, 1.82) is 5.41 Å². The molecule has 2 aliphatic heterocycles. The van der Waals surface area contributed by atoms with E-state index in [1.165, 1.54) is 4.90 Å². The van der Waals surface area contributed by atoms with Crippen molar-refractivity contribution in [1.82, 2.24) is 4.90 Å². The zero-order valence-electron chi connectivity index (χ0n) is 23.4. The van der Waals surface area contributed by atoms with Crippen LogP contribution in [0.15, 0.2) is 18.2 Å². The second kappa shape index (κ2) is 11.0.